The Bertz CT molecular complexity index is 831. The second-order valence-electron chi connectivity index (χ2n) is 4.73. The van der Waals surface area contributed by atoms with Gasteiger partial charge in [0.1, 0.15) is 6.20 Å². The summed E-state index contributed by atoms with van der Waals surface area (Å²) in [5.74, 6) is -0.751. The molecule has 0 aliphatic carbocycles. The molecule has 3 aromatic rings. The fraction of sp³-hybridized carbons (Fsp3) is 0.0625. The van der Waals surface area contributed by atoms with Gasteiger partial charge < -0.3 is 10.2 Å². The molecule has 0 bridgehead atoms. The molecule has 21 heavy (non-hydrogen) atoms. The molecule has 0 fully saturated rings. The molecule has 0 saturated carbocycles. The number of phenolic OH excluding ortho intramolecular Hbond substituents is 2. The molecule has 0 saturated heterocycles. The van der Waals surface area contributed by atoms with Gasteiger partial charge in [0, 0.05) is 16.3 Å². The predicted octanol–water partition coefficient (Wildman–Crippen LogP) is 1.82. The molecule has 0 amide bonds. The standard InChI is InChI=1S/C16H12N2O3/c19-14-6-5-11(7-15(14)20)16(21)10-18-9-13-4-2-1-3-12(13)8-17-18/h1-9,17H,10H2/p+1. The van der Waals surface area contributed by atoms with Crippen LogP contribution >= 0.6 is 0 Å². The number of aromatic hydroxyl groups is 2. The lowest BCUT2D eigenvalue weighted by atomic mass is 10.1. The maximum Gasteiger partial charge on any atom is 0.236 e. The molecule has 0 aliphatic heterocycles. The summed E-state index contributed by atoms with van der Waals surface area (Å²) in [6, 6.07) is 11.8. The lowest BCUT2D eigenvalue weighted by molar-refractivity contribution is -0.740. The zero-order valence-electron chi connectivity index (χ0n) is 11.1. The molecule has 0 radical (unpaired) electrons. The van der Waals surface area contributed by atoms with Gasteiger partial charge in [-0.2, -0.15) is 0 Å². The quantitative estimate of drug-likeness (QED) is 0.436. The number of Topliss-reactive ketones (excluding diaryl/α,β-unsaturated/α-hetero) is 1. The highest BCUT2D eigenvalue weighted by Crippen LogP contribution is 2.24. The van der Waals surface area contributed by atoms with Gasteiger partial charge in [-0.25, -0.2) is 0 Å². The van der Waals surface area contributed by atoms with Gasteiger partial charge in [-0.15, -0.1) is 0 Å². The number of aromatic nitrogens is 2. The van der Waals surface area contributed by atoms with Crippen molar-refractivity contribution in [2.45, 2.75) is 6.54 Å². The molecular weight excluding hydrogens is 268 g/mol. The Balaban J connectivity index is 1.87. The van der Waals surface area contributed by atoms with Crippen molar-refractivity contribution < 1.29 is 19.7 Å². The Morgan fingerprint density at radius 1 is 1.05 bits per heavy atom. The van der Waals surface area contributed by atoms with Gasteiger partial charge in [0.15, 0.2) is 11.5 Å². The van der Waals surface area contributed by atoms with E-state index in [1.807, 2.05) is 24.3 Å². The van der Waals surface area contributed by atoms with E-state index in [-0.39, 0.29) is 23.8 Å². The highest BCUT2D eigenvalue weighted by Gasteiger charge is 2.15. The third-order valence-electron chi connectivity index (χ3n) is 3.23. The van der Waals surface area contributed by atoms with Crippen LogP contribution in [-0.4, -0.2) is 21.1 Å². The number of fused-ring (bicyclic) bond motifs is 1. The maximum atomic E-state index is 12.2. The van der Waals surface area contributed by atoms with Crippen LogP contribution in [0, 0.1) is 0 Å². The topological polar surface area (TPSA) is 74.3 Å². The maximum absolute atomic E-state index is 12.2. The molecule has 0 unspecified atom stereocenters. The van der Waals surface area contributed by atoms with Crippen LogP contribution in [-0.2, 0) is 6.54 Å². The van der Waals surface area contributed by atoms with Crippen LogP contribution in [0.5, 0.6) is 11.5 Å². The first-order chi connectivity index (χ1) is 10.1. The lowest BCUT2D eigenvalue weighted by Crippen LogP contribution is -2.41. The Morgan fingerprint density at radius 2 is 1.81 bits per heavy atom. The van der Waals surface area contributed by atoms with E-state index < -0.39 is 0 Å². The van der Waals surface area contributed by atoms with Gasteiger partial charge in [-0.3, -0.25) is 4.79 Å². The van der Waals surface area contributed by atoms with Crippen molar-refractivity contribution in [1.29, 1.82) is 0 Å². The molecule has 0 atom stereocenters. The van der Waals surface area contributed by atoms with E-state index in [4.69, 9.17) is 0 Å². The number of hydrogen-bond donors (Lipinski definition) is 2. The number of ketones is 1. The van der Waals surface area contributed by atoms with E-state index >= 15 is 0 Å². The molecule has 2 N–H and O–H groups in total. The van der Waals surface area contributed by atoms with Crippen molar-refractivity contribution in [2.75, 3.05) is 0 Å². The zero-order valence-corrected chi connectivity index (χ0v) is 11.1. The molecule has 1 heterocycles. The SMILES string of the molecule is O=C(C[n+]1cc2ccccc2cn1)c1ccc(O)c(O)c1. The van der Waals surface area contributed by atoms with Gasteiger partial charge in [-0.1, -0.05) is 22.9 Å². The highest BCUT2D eigenvalue weighted by atomic mass is 16.3. The predicted molar refractivity (Wildman–Crippen MR) is 76.0 cm³/mol. The first-order valence-electron chi connectivity index (χ1n) is 6.43. The van der Waals surface area contributed by atoms with Crippen LogP contribution in [0.3, 0.4) is 0 Å². The summed E-state index contributed by atoms with van der Waals surface area (Å²) in [4.78, 5) is 12.2. The molecule has 5 nitrogen and oxygen atoms in total. The number of hydrogen-bond acceptors (Lipinski definition) is 4. The van der Waals surface area contributed by atoms with Crippen LogP contribution in [0.15, 0.2) is 54.9 Å². The van der Waals surface area contributed by atoms with Gasteiger partial charge >= 0.3 is 0 Å². The van der Waals surface area contributed by atoms with Crippen molar-refractivity contribution in [1.82, 2.24) is 5.10 Å². The summed E-state index contributed by atoms with van der Waals surface area (Å²) in [6.07, 6.45) is 3.50. The Morgan fingerprint density at radius 3 is 2.57 bits per heavy atom. The van der Waals surface area contributed by atoms with E-state index in [9.17, 15) is 15.0 Å². The van der Waals surface area contributed by atoms with Crippen LogP contribution in [0.25, 0.3) is 10.8 Å². The Hall–Kier alpha value is -2.95. The van der Waals surface area contributed by atoms with Gasteiger partial charge in [0.25, 0.3) is 0 Å². The second-order valence-corrected chi connectivity index (χ2v) is 4.73. The van der Waals surface area contributed by atoms with Crippen molar-refractivity contribution in [3.8, 4) is 11.5 Å². The van der Waals surface area contributed by atoms with Crippen LogP contribution in [0.2, 0.25) is 0 Å². The minimum Gasteiger partial charge on any atom is -0.504 e. The van der Waals surface area contributed by atoms with Crippen LogP contribution in [0.4, 0.5) is 0 Å². The van der Waals surface area contributed by atoms with Crippen molar-refractivity contribution in [2.24, 2.45) is 0 Å². The van der Waals surface area contributed by atoms with E-state index in [1.165, 1.54) is 18.2 Å². The Labute approximate surface area is 120 Å². The number of benzene rings is 2. The number of rotatable bonds is 3. The smallest absolute Gasteiger partial charge is 0.236 e. The third-order valence-corrected chi connectivity index (χ3v) is 3.23. The monoisotopic (exact) mass is 281 g/mol. The molecule has 0 aliphatic rings. The van der Waals surface area contributed by atoms with Gasteiger partial charge in [-0.05, 0) is 29.4 Å². The fourth-order valence-corrected chi connectivity index (χ4v) is 2.10. The molecule has 5 heteroatoms. The highest BCUT2D eigenvalue weighted by molar-refractivity contribution is 5.95. The van der Waals surface area contributed by atoms with Gasteiger partial charge in [0.2, 0.25) is 18.5 Å². The van der Waals surface area contributed by atoms with E-state index in [0.717, 1.165) is 10.8 Å². The normalized spacial score (nSPS) is 10.7. The average molecular weight is 281 g/mol. The number of carbonyl (C=O) groups is 1. The van der Waals surface area contributed by atoms with E-state index in [1.54, 1.807) is 17.1 Å². The van der Waals surface area contributed by atoms with E-state index in [2.05, 4.69) is 5.10 Å². The summed E-state index contributed by atoms with van der Waals surface area (Å²) in [5.41, 5.74) is 0.327. The summed E-state index contributed by atoms with van der Waals surface area (Å²) >= 11 is 0. The lowest BCUT2D eigenvalue weighted by Gasteiger charge is -2.01. The summed E-state index contributed by atoms with van der Waals surface area (Å²) < 4.78 is 1.55. The molecule has 2 aromatic carbocycles. The number of nitrogens with zero attached hydrogens (tertiary/aromatic N) is 2. The second kappa shape index (κ2) is 5.20. The molecule has 0 spiro atoms. The summed E-state index contributed by atoms with van der Waals surface area (Å²) in [7, 11) is 0. The molecule has 104 valence electrons. The van der Waals surface area contributed by atoms with Crippen LogP contribution in [0.1, 0.15) is 10.4 Å². The van der Waals surface area contributed by atoms with Crippen molar-refractivity contribution >= 4 is 16.6 Å². The first-order valence-corrected chi connectivity index (χ1v) is 6.43. The minimum atomic E-state index is -0.308. The molecule has 3 rings (SSSR count). The molecular formula is C16H13N2O3+. The van der Waals surface area contributed by atoms with Crippen LogP contribution < -0.4 is 4.68 Å². The number of phenols is 2. The van der Waals surface area contributed by atoms with Crippen molar-refractivity contribution in [3.05, 3.63) is 60.4 Å². The summed E-state index contributed by atoms with van der Waals surface area (Å²) in [5, 5.41) is 24.9. The minimum absolute atomic E-state index is 0.0645. The van der Waals surface area contributed by atoms with E-state index in [0.29, 0.717) is 5.56 Å². The summed E-state index contributed by atoms with van der Waals surface area (Å²) in [6.45, 7) is 0.0645. The Kier molecular flexibility index (Phi) is 3.23. The number of carbonyl (C=O) groups excluding carboxylic acids is 1. The fourth-order valence-electron chi connectivity index (χ4n) is 2.10. The zero-order chi connectivity index (χ0) is 14.8. The average Bonchev–Trinajstić information content (AvgIpc) is 2.50. The first kappa shape index (κ1) is 13.1. The largest absolute Gasteiger partial charge is 0.504 e. The molecule has 1 aromatic heterocycles. The van der Waals surface area contributed by atoms with Crippen molar-refractivity contribution in [3.63, 3.8) is 0 Å². The van der Waals surface area contributed by atoms with Gasteiger partial charge in [0.05, 0.1) is 0 Å². The third kappa shape index (κ3) is 2.67.